The van der Waals surface area contributed by atoms with Gasteiger partial charge in [-0.25, -0.2) is 10.2 Å². The molecule has 0 aliphatic rings. The van der Waals surface area contributed by atoms with Gasteiger partial charge in [-0.2, -0.15) is 5.10 Å². The van der Waals surface area contributed by atoms with Crippen molar-refractivity contribution in [3.05, 3.63) is 64.7 Å². The van der Waals surface area contributed by atoms with Crippen LogP contribution in [0.15, 0.2) is 58.5 Å². The predicted octanol–water partition coefficient (Wildman–Crippen LogP) is 3.67. The van der Waals surface area contributed by atoms with Crippen LogP contribution >= 0.6 is 23.4 Å². The van der Waals surface area contributed by atoms with E-state index in [9.17, 15) is 9.59 Å². The van der Waals surface area contributed by atoms with E-state index in [0.29, 0.717) is 10.6 Å². The fraction of sp³-hybridized carbons (Fsp3) is 0.118. The summed E-state index contributed by atoms with van der Waals surface area (Å²) in [7, 11) is 0. The van der Waals surface area contributed by atoms with Gasteiger partial charge >= 0.3 is 5.97 Å². The summed E-state index contributed by atoms with van der Waals surface area (Å²) in [4.78, 5) is 24.0. The van der Waals surface area contributed by atoms with Crippen LogP contribution in [0.3, 0.4) is 0 Å². The van der Waals surface area contributed by atoms with Gasteiger partial charge in [0.2, 0.25) is 0 Å². The molecule has 5 nitrogen and oxygen atoms in total. The quantitative estimate of drug-likeness (QED) is 0.467. The molecule has 2 rings (SSSR count). The lowest BCUT2D eigenvalue weighted by Crippen LogP contribution is -2.26. The normalized spacial score (nSPS) is 12.1. The van der Waals surface area contributed by atoms with Gasteiger partial charge in [0.05, 0.1) is 17.0 Å². The maximum Gasteiger partial charge on any atom is 0.336 e. The molecule has 0 heterocycles. The number of benzene rings is 2. The van der Waals surface area contributed by atoms with Gasteiger partial charge in [0.25, 0.3) is 5.91 Å². The van der Waals surface area contributed by atoms with Crippen molar-refractivity contribution in [3.8, 4) is 0 Å². The molecule has 124 valence electrons. The molecule has 24 heavy (non-hydrogen) atoms. The zero-order chi connectivity index (χ0) is 17.5. The SMILES string of the molecule is C[C@H](Sc1ccc(Cl)cc1)C(=O)N/N=C\c1ccccc1C(=O)O. The topological polar surface area (TPSA) is 78.8 Å². The van der Waals surface area contributed by atoms with E-state index >= 15 is 0 Å². The molecular formula is C17H15ClN2O3S. The van der Waals surface area contributed by atoms with Gasteiger partial charge in [-0.3, -0.25) is 4.79 Å². The van der Waals surface area contributed by atoms with Crippen LogP contribution in [0.2, 0.25) is 5.02 Å². The van der Waals surface area contributed by atoms with Gasteiger partial charge < -0.3 is 5.11 Å². The first-order valence-corrected chi connectivity index (χ1v) is 8.30. The number of hydrogen-bond donors (Lipinski definition) is 2. The minimum Gasteiger partial charge on any atom is -0.478 e. The van der Waals surface area contributed by atoms with Crippen LogP contribution < -0.4 is 5.43 Å². The highest BCUT2D eigenvalue weighted by Crippen LogP contribution is 2.24. The molecule has 0 aromatic heterocycles. The van der Waals surface area contributed by atoms with Crippen molar-refractivity contribution < 1.29 is 14.7 Å². The first kappa shape index (κ1) is 18.0. The summed E-state index contributed by atoms with van der Waals surface area (Å²) in [5, 5.41) is 13.2. The van der Waals surface area contributed by atoms with Crippen molar-refractivity contribution in [2.45, 2.75) is 17.1 Å². The number of carbonyl (C=O) groups is 2. The maximum absolute atomic E-state index is 12.0. The third-order valence-electron chi connectivity index (χ3n) is 3.07. The zero-order valence-electron chi connectivity index (χ0n) is 12.8. The number of aromatic carboxylic acids is 1. The van der Waals surface area contributed by atoms with E-state index in [4.69, 9.17) is 16.7 Å². The molecule has 0 spiro atoms. The van der Waals surface area contributed by atoms with Crippen molar-refractivity contribution in [2.24, 2.45) is 5.10 Å². The highest BCUT2D eigenvalue weighted by molar-refractivity contribution is 8.00. The fourth-order valence-electron chi connectivity index (χ4n) is 1.83. The van der Waals surface area contributed by atoms with Crippen molar-refractivity contribution in [1.29, 1.82) is 0 Å². The van der Waals surface area contributed by atoms with Gasteiger partial charge in [0.1, 0.15) is 0 Å². The van der Waals surface area contributed by atoms with E-state index in [1.165, 1.54) is 24.0 Å². The lowest BCUT2D eigenvalue weighted by atomic mass is 10.1. The molecule has 1 amide bonds. The third-order valence-corrected chi connectivity index (χ3v) is 4.43. The molecule has 0 saturated heterocycles. The number of halogens is 1. The Bertz CT molecular complexity index is 763. The van der Waals surface area contributed by atoms with Crippen molar-refractivity contribution in [2.75, 3.05) is 0 Å². The van der Waals surface area contributed by atoms with Gasteiger partial charge in [0.15, 0.2) is 0 Å². The molecule has 0 aliphatic heterocycles. The van der Waals surface area contributed by atoms with E-state index < -0.39 is 5.97 Å². The van der Waals surface area contributed by atoms with E-state index in [0.717, 1.165) is 4.90 Å². The molecule has 1 atom stereocenters. The van der Waals surface area contributed by atoms with Gasteiger partial charge in [-0.05, 0) is 37.3 Å². The molecular weight excluding hydrogens is 348 g/mol. The number of carbonyl (C=O) groups excluding carboxylic acids is 1. The second-order valence-electron chi connectivity index (χ2n) is 4.84. The smallest absolute Gasteiger partial charge is 0.336 e. The highest BCUT2D eigenvalue weighted by atomic mass is 35.5. The third kappa shape index (κ3) is 5.11. The number of rotatable bonds is 6. The van der Waals surface area contributed by atoms with Crippen LogP contribution in [0.1, 0.15) is 22.8 Å². The molecule has 0 aliphatic carbocycles. The minimum absolute atomic E-state index is 0.124. The standard InChI is InChI=1S/C17H15ClN2O3S/c1-11(24-14-8-6-13(18)7-9-14)16(21)20-19-10-12-4-2-3-5-15(12)17(22)23/h2-11H,1H3,(H,20,21)(H,22,23)/b19-10-/t11-/m0/s1. The Labute approximate surface area is 148 Å². The van der Waals surface area contributed by atoms with Crippen LogP contribution in [0.25, 0.3) is 0 Å². The second kappa shape index (κ2) is 8.52. The predicted molar refractivity (Wildman–Crippen MR) is 95.9 cm³/mol. The molecule has 2 aromatic carbocycles. The summed E-state index contributed by atoms with van der Waals surface area (Å²) in [6.07, 6.45) is 1.32. The molecule has 7 heteroatoms. The maximum atomic E-state index is 12.0. The Kier molecular flexibility index (Phi) is 6.40. The molecule has 0 radical (unpaired) electrons. The molecule has 0 fully saturated rings. The Morgan fingerprint density at radius 2 is 1.88 bits per heavy atom. The Balaban J connectivity index is 1.95. The summed E-state index contributed by atoms with van der Waals surface area (Å²) in [5.74, 6) is -1.32. The summed E-state index contributed by atoms with van der Waals surface area (Å²) in [5.41, 5.74) is 2.96. The van der Waals surface area contributed by atoms with Crippen LogP contribution in [-0.4, -0.2) is 28.4 Å². The summed E-state index contributed by atoms with van der Waals surface area (Å²) in [6, 6.07) is 13.6. The number of carboxylic acid groups (broad SMARTS) is 1. The Morgan fingerprint density at radius 1 is 1.21 bits per heavy atom. The number of thioether (sulfide) groups is 1. The van der Waals surface area contributed by atoms with Crippen molar-refractivity contribution in [3.63, 3.8) is 0 Å². The van der Waals surface area contributed by atoms with Crippen LogP contribution in [0.4, 0.5) is 0 Å². The fourth-order valence-corrected chi connectivity index (χ4v) is 2.82. The first-order chi connectivity index (χ1) is 11.5. The van der Waals surface area contributed by atoms with E-state index in [-0.39, 0.29) is 16.7 Å². The molecule has 2 aromatic rings. The Morgan fingerprint density at radius 3 is 2.54 bits per heavy atom. The summed E-state index contributed by atoms with van der Waals surface area (Å²) >= 11 is 7.20. The number of nitrogens with zero attached hydrogens (tertiary/aromatic N) is 1. The molecule has 0 saturated carbocycles. The van der Waals surface area contributed by atoms with Crippen LogP contribution in [-0.2, 0) is 4.79 Å². The lowest BCUT2D eigenvalue weighted by molar-refractivity contribution is -0.120. The van der Waals surface area contributed by atoms with Crippen LogP contribution in [0.5, 0.6) is 0 Å². The van der Waals surface area contributed by atoms with Crippen molar-refractivity contribution in [1.82, 2.24) is 5.43 Å². The molecule has 0 bridgehead atoms. The van der Waals surface area contributed by atoms with Gasteiger partial charge in [-0.1, -0.05) is 29.8 Å². The second-order valence-corrected chi connectivity index (χ2v) is 6.69. The zero-order valence-corrected chi connectivity index (χ0v) is 14.3. The largest absolute Gasteiger partial charge is 0.478 e. The van der Waals surface area contributed by atoms with E-state index in [1.54, 1.807) is 37.3 Å². The average Bonchev–Trinajstić information content (AvgIpc) is 2.57. The molecule has 0 unspecified atom stereocenters. The number of amides is 1. The van der Waals surface area contributed by atoms with Gasteiger partial charge in [0, 0.05) is 15.5 Å². The van der Waals surface area contributed by atoms with E-state index in [2.05, 4.69) is 10.5 Å². The van der Waals surface area contributed by atoms with Gasteiger partial charge in [-0.15, -0.1) is 11.8 Å². The highest BCUT2D eigenvalue weighted by Gasteiger charge is 2.14. The number of hydrogen-bond acceptors (Lipinski definition) is 4. The van der Waals surface area contributed by atoms with Crippen molar-refractivity contribution >= 4 is 41.5 Å². The average molecular weight is 363 g/mol. The number of hydrazone groups is 1. The minimum atomic E-state index is -1.05. The van der Waals surface area contributed by atoms with Crippen LogP contribution in [0, 0.1) is 0 Å². The summed E-state index contributed by atoms with van der Waals surface area (Å²) in [6.45, 7) is 1.76. The number of carboxylic acids is 1. The van der Waals surface area contributed by atoms with E-state index in [1.807, 2.05) is 12.1 Å². The Hall–Kier alpha value is -2.31. The monoisotopic (exact) mass is 362 g/mol. The first-order valence-electron chi connectivity index (χ1n) is 7.05. The number of nitrogens with one attached hydrogen (secondary N) is 1. The molecule has 2 N–H and O–H groups in total. The summed E-state index contributed by atoms with van der Waals surface area (Å²) < 4.78 is 0. The lowest BCUT2D eigenvalue weighted by Gasteiger charge is -2.09.